The molecule has 0 aliphatic heterocycles. The van der Waals surface area contributed by atoms with Crippen molar-refractivity contribution >= 4 is 18.4 Å². The first-order valence-corrected chi connectivity index (χ1v) is 6.44. The van der Waals surface area contributed by atoms with Crippen molar-refractivity contribution in [3.8, 4) is 5.75 Å². The van der Waals surface area contributed by atoms with Crippen LogP contribution in [0.3, 0.4) is 0 Å². The third-order valence-corrected chi connectivity index (χ3v) is 2.89. The molecule has 4 heteroatoms. The van der Waals surface area contributed by atoms with Crippen LogP contribution in [0.25, 0.3) is 0 Å². The van der Waals surface area contributed by atoms with Crippen LogP contribution >= 0.6 is 12.4 Å². The first kappa shape index (κ1) is 17.9. The van der Waals surface area contributed by atoms with Gasteiger partial charge < -0.3 is 10.5 Å². The Morgan fingerprint density at radius 3 is 1.79 bits per heavy atom. The molecule has 0 heterocycles. The topological polar surface area (TPSA) is 52.3 Å². The molecule has 108 valence electrons. The van der Waals surface area contributed by atoms with Gasteiger partial charge in [0, 0.05) is 0 Å². The molecule has 0 radical (unpaired) electrons. The number of hydrogen-bond acceptors (Lipinski definition) is 3. The number of carbonyl (C=O) groups is 1. The van der Waals surface area contributed by atoms with E-state index >= 15 is 0 Å². The van der Waals surface area contributed by atoms with Crippen molar-refractivity contribution in [3.05, 3.63) is 29.3 Å². The summed E-state index contributed by atoms with van der Waals surface area (Å²) in [6.45, 7) is 9.98. The Bertz CT molecular complexity index is 402. The van der Waals surface area contributed by atoms with Gasteiger partial charge in [0.15, 0.2) is 0 Å². The van der Waals surface area contributed by atoms with E-state index in [9.17, 15) is 4.79 Å². The van der Waals surface area contributed by atoms with Crippen LogP contribution in [0, 0.1) is 0 Å². The summed E-state index contributed by atoms with van der Waals surface area (Å²) in [4.78, 5) is 11.7. The maximum atomic E-state index is 11.7. The molecular weight excluding hydrogens is 262 g/mol. The number of rotatable bonds is 4. The van der Waals surface area contributed by atoms with E-state index in [0.717, 1.165) is 11.1 Å². The number of halogens is 1. The first-order chi connectivity index (χ1) is 8.34. The average molecular weight is 286 g/mol. The molecule has 0 unspecified atom stereocenters. The van der Waals surface area contributed by atoms with Crippen LogP contribution in [0.1, 0.15) is 57.6 Å². The third kappa shape index (κ3) is 4.51. The van der Waals surface area contributed by atoms with E-state index in [1.807, 2.05) is 18.2 Å². The third-order valence-electron chi connectivity index (χ3n) is 2.89. The standard InChI is InChI=1S/C15H23NO2.ClH/c1-9(2)12-7-6-8-13(10(3)4)14(12)18-15(17)11(5)16;/h6-11H,16H2,1-5H3;1H/t11-;/m0./s1. The van der Waals surface area contributed by atoms with Gasteiger partial charge in [0.25, 0.3) is 0 Å². The van der Waals surface area contributed by atoms with Crippen molar-refractivity contribution in [2.24, 2.45) is 5.73 Å². The molecule has 19 heavy (non-hydrogen) atoms. The van der Waals surface area contributed by atoms with Gasteiger partial charge in [-0.05, 0) is 29.9 Å². The van der Waals surface area contributed by atoms with Crippen molar-refractivity contribution in [2.45, 2.75) is 52.5 Å². The molecule has 1 aromatic carbocycles. The van der Waals surface area contributed by atoms with Gasteiger partial charge in [-0.15, -0.1) is 12.4 Å². The zero-order valence-corrected chi connectivity index (χ0v) is 13.1. The summed E-state index contributed by atoms with van der Waals surface area (Å²) in [6, 6.07) is 5.40. The predicted octanol–water partition coefficient (Wildman–Crippen LogP) is 3.61. The van der Waals surface area contributed by atoms with E-state index < -0.39 is 6.04 Å². The Balaban J connectivity index is 0.00000324. The Kier molecular flexibility index (Phi) is 7.09. The lowest BCUT2D eigenvalue weighted by Gasteiger charge is -2.19. The van der Waals surface area contributed by atoms with Crippen molar-refractivity contribution < 1.29 is 9.53 Å². The van der Waals surface area contributed by atoms with E-state index in [1.165, 1.54) is 0 Å². The summed E-state index contributed by atoms with van der Waals surface area (Å²) in [5.41, 5.74) is 7.66. The van der Waals surface area contributed by atoms with E-state index in [4.69, 9.17) is 10.5 Å². The summed E-state index contributed by atoms with van der Waals surface area (Å²) >= 11 is 0. The molecule has 1 rings (SSSR count). The molecule has 0 aromatic heterocycles. The molecule has 0 bridgehead atoms. The van der Waals surface area contributed by atoms with Crippen LogP contribution < -0.4 is 10.5 Å². The highest BCUT2D eigenvalue weighted by atomic mass is 35.5. The number of benzene rings is 1. The second kappa shape index (κ2) is 7.51. The average Bonchev–Trinajstić information content (AvgIpc) is 2.28. The highest BCUT2D eigenvalue weighted by Gasteiger charge is 2.19. The molecule has 0 spiro atoms. The van der Waals surface area contributed by atoms with Crippen molar-refractivity contribution in [1.29, 1.82) is 0 Å². The van der Waals surface area contributed by atoms with Gasteiger partial charge in [-0.2, -0.15) is 0 Å². The summed E-state index contributed by atoms with van der Waals surface area (Å²) in [7, 11) is 0. The zero-order chi connectivity index (χ0) is 13.9. The van der Waals surface area contributed by atoms with Crippen molar-refractivity contribution in [2.75, 3.05) is 0 Å². The Morgan fingerprint density at radius 1 is 1.05 bits per heavy atom. The fourth-order valence-corrected chi connectivity index (χ4v) is 1.79. The van der Waals surface area contributed by atoms with Gasteiger partial charge in [0.05, 0.1) is 0 Å². The van der Waals surface area contributed by atoms with E-state index in [2.05, 4.69) is 27.7 Å². The van der Waals surface area contributed by atoms with Crippen molar-refractivity contribution in [3.63, 3.8) is 0 Å². The van der Waals surface area contributed by atoms with Crippen LogP contribution in [-0.2, 0) is 4.79 Å². The van der Waals surface area contributed by atoms with Crippen molar-refractivity contribution in [1.82, 2.24) is 0 Å². The molecule has 1 aromatic rings. The molecule has 3 nitrogen and oxygen atoms in total. The molecule has 0 amide bonds. The van der Waals surface area contributed by atoms with Gasteiger partial charge in [-0.3, -0.25) is 0 Å². The molecule has 0 saturated heterocycles. The normalized spacial score (nSPS) is 12.2. The quantitative estimate of drug-likeness (QED) is 0.679. The SMILES string of the molecule is CC(C)c1cccc(C(C)C)c1OC(=O)[C@H](C)N.Cl. The molecule has 1 atom stereocenters. The Morgan fingerprint density at radius 2 is 1.47 bits per heavy atom. The minimum Gasteiger partial charge on any atom is -0.425 e. The van der Waals surface area contributed by atoms with Crippen LogP contribution in [-0.4, -0.2) is 12.0 Å². The van der Waals surface area contributed by atoms with Crippen LogP contribution in [0.5, 0.6) is 5.75 Å². The lowest BCUT2D eigenvalue weighted by atomic mass is 9.94. The summed E-state index contributed by atoms with van der Waals surface area (Å²) in [5, 5.41) is 0. The second-order valence-electron chi connectivity index (χ2n) is 5.28. The monoisotopic (exact) mass is 285 g/mol. The van der Waals surface area contributed by atoms with Crippen LogP contribution in [0.4, 0.5) is 0 Å². The fourth-order valence-electron chi connectivity index (χ4n) is 1.79. The van der Waals surface area contributed by atoms with Crippen LogP contribution in [0.2, 0.25) is 0 Å². The van der Waals surface area contributed by atoms with E-state index in [1.54, 1.807) is 6.92 Å². The molecule has 0 aliphatic carbocycles. The largest absolute Gasteiger partial charge is 0.425 e. The molecule has 0 fully saturated rings. The maximum absolute atomic E-state index is 11.7. The lowest BCUT2D eigenvalue weighted by Crippen LogP contribution is -2.31. The number of esters is 1. The summed E-state index contributed by atoms with van der Waals surface area (Å²) in [5.74, 6) is 0.911. The summed E-state index contributed by atoms with van der Waals surface area (Å²) < 4.78 is 5.50. The molecule has 0 aliphatic rings. The maximum Gasteiger partial charge on any atom is 0.328 e. The number of hydrogen-bond donors (Lipinski definition) is 1. The number of nitrogens with two attached hydrogens (primary N) is 1. The molecule has 2 N–H and O–H groups in total. The van der Waals surface area contributed by atoms with Gasteiger partial charge in [0.2, 0.25) is 0 Å². The molecule has 0 saturated carbocycles. The minimum absolute atomic E-state index is 0. The minimum atomic E-state index is -0.606. The van der Waals surface area contributed by atoms with Gasteiger partial charge >= 0.3 is 5.97 Å². The van der Waals surface area contributed by atoms with Gasteiger partial charge in [0.1, 0.15) is 11.8 Å². The van der Waals surface area contributed by atoms with E-state index in [0.29, 0.717) is 17.6 Å². The van der Waals surface area contributed by atoms with E-state index in [-0.39, 0.29) is 18.4 Å². The Labute approximate surface area is 121 Å². The van der Waals surface area contributed by atoms with Gasteiger partial charge in [-0.25, -0.2) is 4.79 Å². The Hall–Kier alpha value is -1.06. The van der Waals surface area contributed by atoms with Crippen LogP contribution in [0.15, 0.2) is 18.2 Å². The summed E-state index contributed by atoms with van der Waals surface area (Å²) in [6.07, 6.45) is 0. The predicted molar refractivity (Wildman–Crippen MR) is 81.2 cm³/mol. The second-order valence-corrected chi connectivity index (χ2v) is 5.28. The number of carbonyl (C=O) groups excluding carboxylic acids is 1. The smallest absolute Gasteiger partial charge is 0.328 e. The van der Waals surface area contributed by atoms with Gasteiger partial charge in [-0.1, -0.05) is 45.9 Å². The highest BCUT2D eigenvalue weighted by molar-refractivity contribution is 5.85. The number of ether oxygens (including phenoxy) is 1. The molecular formula is C15H24ClNO2. The lowest BCUT2D eigenvalue weighted by molar-refractivity contribution is -0.135. The number of para-hydroxylation sites is 1. The zero-order valence-electron chi connectivity index (χ0n) is 12.3. The fraction of sp³-hybridized carbons (Fsp3) is 0.533. The first-order valence-electron chi connectivity index (χ1n) is 6.44. The highest BCUT2D eigenvalue weighted by Crippen LogP contribution is 2.34.